The first-order valence-corrected chi connectivity index (χ1v) is 5.64. The molecule has 1 fully saturated rings. The summed E-state index contributed by atoms with van der Waals surface area (Å²) in [4.78, 5) is 13.6. The molecule has 0 unspecified atom stereocenters. The predicted molar refractivity (Wildman–Crippen MR) is 62.5 cm³/mol. The number of benzene rings is 1. The van der Waals surface area contributed by atoms with Gasteiger partial charge in [0.15, 0.2) is 0 Å². The third kappa shape index (κ3) is 1.80. The second-order valence-corrected chi connectivity index (χ2v) is 4.36. The van der Waals surface area contributed by atoms with Crippen molar-refractivity contribution in [2.75, 3.05) is 19.7 Å². The molecule has 0 bridgehead atoms. The molecule has 4 nitrogen and oxygen atoms in total. The summed E-state index contributed by atoms with van der Waals surface area (Å²) in [7, 11) is 0. The molecule has 2 heterocycles. The average Bonchev–Trinajstić information content (AvgIpc) is 2.33. The summed E-state index contributed by atoms with van der Waals surface area (Å²) in [5.74, 6) is 0.775. The number of β-amino-alcohol motifs (C(OH)–C–C–N with tert-alkyl or cyclic N) is 1. The summed E-state index contributed by atoms with van der Waals surface area (Å²) in [6.07, 6.45) is 1.50. The SMILES string of the molecule is O=C(C1=Cc2ccccc2OC1)N1CC(O)C1. The Morgan fingerprint density at radius 2 is 2.12 bits per heavy atom. The van der Waals surface area contributed by atoms with E-state index in [4.69, 9.17) is 4.74 Å². The van der Waals surface area contributed by atoms with E-state index < -0.39 is 0 Å². The van der Waals surface area contributed by atoms with Crippen LogP contribution in [0.1, 0.15) is 5.56 Å². The molecule has 2 aliphatic rings. The van der Waals surface area contributed by atoms with Crippen molar-refractivity contribution < 1.29 is 14.6 Å². The van der Waals surface area contributed by atoms with Crippen molar-refractivity contribution in [3.63, 3.8) is 0 Å². The topological polar surface area (TPSA) is 49.8 Å². The molecule has 1 aromatic carbocycles. The number of rotatable bonds is 1. The molecule has 0 aliphatic carbocycles. The number of aliphatic hydroxyl groups excluding tert-OH is 1. The third-order valence-electron chi connectivity index (χ3n) is 3.06. The molecule has 0 radical (unpaired) electrons. The number of para-hydroxylation sites is 1. The Bertz CT molecular complexity index is 489. The van der Waals surface area contributed by atoms with Crippen molar-refractivity contribution in [3.8, 4) is 5.75 Å². The Morgan fingerprint density at radius 1 is 1.35 bits per heavy atom. The van der Waals surface area contributed by atoms with Gasteiger partial charge in [0.2, 0.25) is 0 Å². The standard InChI is InChI=1S/C13H13NO3/c15-11-6-14(7-11)13(16)10-5-9-3-1-2-4-12(9)17-8-10/h1-5,11,15H,6-8H2. The average molecular weight is 231 g/mol. The maximum absolute atomic E-state index is 12.0. The third-order valence-corrected chi connectivity index (χ3v) is 3.06. The Kier molecular flexibility index (Phi) is 2.37. The molecule has 0 spiro atoms. The number of carbonyl (C=O) groups excluding carboxylic acids is 1. The lowest BCUT2D eigenvalue weighted by atomic mass is 10.0. The van der Waals surface area contributed by atoms with Gasteiger partial charge in [-0.2, -0.15) is 0 Å². The number of likely N-dealkylation sites (tertiary alicyclic amines) is 1. The van der Waals surface area contributed by atoms with Crippen molar-refractivity contribution in [3.05, 3.63) is 35.4 Å². The molecule has 2 aliphatic heterocycles. The monoisotopic (exact) mass is 231 g/mol. The second-order valence-electron chi connectivity index (χ2n) is 4.36. The maximum Gasteiger partial charge on any atom is 0.253 e. The van der Waals surface area contributed by atoms with E-state index in [1.807, 2.05) is 30.3 Å². The highest BCUT2D eigenvalue weighted by Crippen LogP contribution is 2.27. The zero-order valence-electron chi connectivity index (χ0n) is 9.30. The molecule has 17 heavy (non-hydrogen) atoms. The van der Waals surface area contributed by atoms with E-state index in [9.17, 15) is 9.90 Å². The number of nitrogens with zero attached hydrogens (tertiary/aromatic N) is 1. The minimum absolute atomic E-state index is 0.0372. The van der Waals surface area contributed by atoms with E-state index in [0.717, 1.165) is 11.3 Å². The van der Waals surface area contributed by atoms with Gasteiger partial charge in [0, 0.05) is 18.7 Å². The van der Waals surface area contributed by atoms with E-state index in [-0.39, 0.29) is 12.0 Å². The fourth-order valence-electron chi connectivity index (χ4n) is 2.06. The Balaban J connectivity index is 1.82. The van der Waals surface area contributed by atoms with Gasteiger partial charge in [0.25, 0.3) is 5.91 Å². The summed E-state index contributed by atoms with van der Waals surface area (Å²) in [5, 5.41) is 9.18. The first-order valence-electron chi connectivity index (χ1n) is 5.64. The highest BCUT2D eigenvalue weighted by atomic mass is 16.5. The van der Waals surface area contributed by atoms with Crippen molar-refractivity contribution >= 4 is 12.0 Å². The van der Waals surface area contributed by atoms with Crippen LogP contribution in [0.25, 0.3) is 6.08 Å². The minimum atomic E-state index is -0.364. The molecule has 1 N–H and O–H groups in total. The smallest absolute Gasteiger partial charge is 0.253 e. The van der Waals surface area contributed by atoms with Gasteiger partial charge in [-0.15, -0.1) is 0 Å². The lowest BCUT2D eigenvalue weighted by Crippen LogP contribution is -2.54. The molecule has 1 saturated heterocycles. The largest absolute Gasteiger partial charge is 0.488 e. The number of hydrogen-bond acceptors (Lipinski definition) is 3. The highest BCUT2D eigenvalue weighted by Gasteiger charge is 2.31. The van der Waals surface area contributed by atoms with Gasteiger partial charge in [0.1, 0.15) is 12.4 Å². The van der Waals surface area contributed by atoms with Crippen LogP contribution < -0.4 is 4.74 Å². The molecule has 4 heteroatoms. The van der Waals surface area contributed by atoms with Gasteiger partial charge >= 0.3 is 0 Å². The van der Waals surface area contributed by atoms with Crippen LogP contribution in [0, 0.1) is 0 Å². The molecule has 88 valence electrons. The molecular formula is C13H13NO3. The van der Waals surface area contributed by atoms with E-state index >= 15 is 0 Å². The molecule has 1 aromatic rings. The van der Waals surface area contributed by atoms with Crippen LogP contribution in [0.2, 0.25) is 0 Å². The first kappa shape index (κ1) is 10.4. The Labute approximate surface area is 99.1 Å². The molecule has 1 amide bonds. The van der Waals surface area contributed by atoms with Gasteiger partial charge in [-0.3, -0.25) is 4.79 Å². The lowest BCUT2D eigenvalue weighted by Gasteiger charge is -2.36. The molecule has 0 atom stereocenters. The van der Waals surface area contributed by atoms with Crippen molar-refractivity contribution in [1.82, 2.24) is 4.90 Å². The molecular weight excluding hydrogens is 218 g/mol. The number of hydrogen-bond donors (Lipinski definition) is 1. The first-order chi connectivity index (χ1) is 8.24. The number of ether oxygens (including phenoxy) is 1. The molecule has 3 rings (SSSR count). The zero-order chi connectivity index (χ0) is 11.8. The van der Waals surface area contributed by atoms with E-state index in [2.05, 4.69) is 0 Å². The molecule has 0 aromatic heterocycles. The number of carbonyl (C=O) groups is 1. The summed E-state index contributed by atoms with van der Waals surface area (Å²) in [5.41, 5.74) is 1.58. The van der Waals surface area contributed by atoms with Crippen molar-refractivity contribution in [2.24, 2.45) is 0 Å². The van der Waals surface area contributed by atoms with Crippen LogP contribution in [0.5, 0.6) is 5.75 Å². The van der Waals surface area contributed by atoms with Crippen molar-refractivity contribution in [2.45, 2.75) is 6.10 Å². The summed E-state index contributed by atoms with van der Waals surface area (Å²) in [6, 6.07) is 7.64. The minimum Gasteiger partial charge on any atom is -0.488 e. The van der Waals surface area contributed by atoms with Gasteiger partial charge in [0.05, 0.1) is 11.7 Å². The Hall–Kier alpha value is -1.81. The summed E-state index contributed by atoms with van der Waals surface area (Å²) in [6.45, 7) is 1.16. The van der Waals surface area contributed by atoms with Crippen LogP contribution in [0.15, 0.2) is 29.8 Å². The maximum atomic E-state index is 12.0. The zero-order valence-corrected chi connectivity index (χ0v) is 9.30. The quantitative estimate of drug-likeness (QED) is 0.772. The van der Waals surface area contributed by atoms with Gasteiger partial charge < -0.3 is 14.7 Å². The van der Waals surface area contributed by atoms with Crippen LogP contribution in [-0.2, 0) is 4.79 Å². The fraction of sp³-hybridized carbons (Fsp3) is 0.308. The number of aliphatic hydroxyl groups is 1. The number of amides is 1. The van der Waals surface area contributed by atoms with Crippen LogP contribution in [0.4, 0.5) is 0 Å². The fourth-order valence-corrected chi connectivity index (χ4v) is 2.06. The summed E-state index contributed by atoms with van der Waals surface area (Å²) >= 11 is 0. The lowest BCUT2D eigenvalue weighted by molar-refractivity contribution is -0.137. The van der Waals surface area contributed by atoms with E-state index in [1.165, 1.54) is 0 Å². The highest BCUT2D eigenvalue weighted by molar-refractivity contribution is 5.99. The van der Waals surface area contributed by atoms with Gasteiger partial charge in [-0.25, -0.2) is 0 Å². The van der Waals surface area contributed by atoms with Crippen LogP contribution in [-0.4, -0.2) is 41.7 Å². The van der Waals surface area contributed by atoms with Gasteiger partial charge in [-0.1, -0.05) is 18.2 Å². The van der Waals surface area contributed by atoms with Crippen molar-refractivity contribution in [1.29, 1.82) is 0 Å². The number of fused-ring (bicyclic) bond motifs is 1. The van der Waals surface area contributed by atoms with E-state index in [1.54, 1.807) is 4.90 Å². The Morgan fingerprint density at radius 3 is 2.88 bits per heavy atom. The van der Waals surface area contributed by atoms with Crippen LogP contribution >= 0.6 is 0 Å². The van der Waals surface area contributed by atoms with E-state index in [0.29, 0.717) is 25.3 Å². The predicted octanol–water partition coefficient (Wildman–Crippen LogP) is 0.665. The normalized spacial score (nSPS) is 18.9. The summed E-state index contributed by atoms with van der Waals surface area (Å²) < 4.78 is 5.52. The molecule has 0 saturated carbocycles. The van der Waals surface area contributed by atoms with Gasteiger partial charge in [-0.05, 0) is 12.1 Å². The second kappa shape index (κ2) is 3.89. The van der Waals surface area contributed by atoms with Crippen LogP contribution in [0.3, 0.4) is 0 Å².